The Labute approximate surface area is 165 Å². The van der Waals surface area contributed by atoms with Crippen LogP contribution in [0.5, 0.6) is 5.75 Å². The molecule has 28 heavy (non-hydrogen) atoms. The second-order valence-electron chi connectivity index (χ2n) is 6.95. The normalized spacial score (nSPS) is 16.3. The Morgan fingerprint density at radius 1 is 1.39 bits per heavy atom. The van der Waals surface area contributed by atoms with Crippen molar-refractivity contribution in [3.63, 3.8) is 0 Å². The van der Waals surface area contributed by atoms with Gasteiger partial charge in [0.25, 0.3) is 5.91 Å². The van der Waals surface area contributed by atoms with Crippen LogP contribution in [0.1, 0.15) is 41.0 Å². The Bertz CT molecular complexity index is 786. The van der Waals surface area contributed by atoms with Crippen molar-refractivity contribution in [3.05, 3.63) is 41.0 Å². The van der Waals surface area contributed by atoms with E-state index in [4.69, 9.17) is 14.0 Å². The van der Waals surface area contributed by atoms with Crippen molar-refractivity contribution in [2.45, 2.75) is 32.9 Å². The van der Waals surface area contributed by atoms with Gasteiger partial charge in [-0.3, -0.25) is 4.79 Å². The number of benzene rings is 1. The lowest BCUT2D eigenvalue weighted by atomic mass is 9.96. The summed E-state index contributed by atoms with van der Waals surface area (Å²) in [6.45, 7) is 5.06. The highest BCUT2D eigenvalue weighted by molar-refractivity contribution is 5.94. The van der Waals surface area contributed by atoms with Crippen LogP contribution in [-0.2, 0) is 24.3 Å². The van der Waals surface area contributed by atoms with Gasteiger partial charge in [-0.25, -0.2) is 0 Å². The van der Waals surface area contributed by atoms with Gasteiger partial charge in [-0.2, -0.15) is 4.98 Å². The van der Waals surface area contributed by atoms with Crippen LogP contribution in [-0.4, -0.2) is 54.8 Å². The van der Waals surface area contributed by atoms with E-state index >= 15 is 0 Å². The van der Waals surface area contributed by atoms with Gasteiger partial charge in [0, 0.05) is 19.2 Å². The first-order valence-electron chi connectivity index (χ1n) is 9.61. The molecule has 1 unspecified atom stereocenters. The quantitative estimate of drug-likeness (QED) is 0.703. The van der Waals surface area contributed by atoms with Crippen LogP contribution in [0.3, 0.4) is 0 Å². The van der Waals surface area contributed by atoms with Crippen LogP contribution < -0.4 is 10.1 Å². The summed E-state index contributed by atoms with van der Waals surface area (Å²) in [5.74, 6) is 2.19. The number of rotatable bonds is 9. The highest BCUT2D eigenvalue weighted by atomic mass is 16.5. The van der Waals surface area contributed by atoms with Crippen molar-refractivity contribution in [1.82, 2.24) is 20.4 Å². The van der Waals surface area contributed by atoms with Gasteiger partial charge in [0.2, 0.25) is 5.89 Å². The van der Waals surface area contributed by atoms with E-state index < -0.39 is 0 Å². The third kappa shape index (κ3) is 4.88. The van der Waals surface area contributed by atoms with E-state index in [-0.39, 0.29) is 19.1 Å². The van der Waals surface area contributed by atoms with E-state index in [0.29, 0.717) is 29.7 Å². The minimum absolute atomic E-state index is 0.0672. The molecule has 1 N–H and O–H groups in total. The topological polar surface area (TPSA) is 89.7 Å². The summed E-state index contributed by atoms with van der Waals surface area (Å²) in [5.41, 5.74) is 1.71. The molecule has 0 radical (unpaired) electrons. The third-order valence-electron chi connectivity index (χ3n) is 4.98. The van der Waals surface area contributed by atoms with Crippen LogP contribution in [0.2, 0.25) is 0 Å². The smallest absolute Gasteiger partial charge is 0.254 e. The molecule has 1 aromatic carbocycles. The average molecular weight is 388 g/mol. The predicted octanol–water partition coefficient (Wildman–Crippen LogP) is 2.04. The van der Waals surface area contributed by atoms with Crippen LogP contribution in [0.25, 0.3) is 0 Å². The molecule has 1 fully saturated rings. The summed E-state index contributed by atoms with van der Waals surface area (Å²) < 4.78 is 15.7. The second kappa shape index (κ2) is 9.66. The number of nitrogens with zero attached hydrogens (tertiary/aromatic N) is 3. The Morgan fingerprint density at radius 3 is 2.93 bits per heavy atom. The van der Waals surface area contributed by atoms with Gasteiger partial charge in [-0.15, -0.1) is 0 Å². The molecule has 152 valence electrons. The largest absolute Gasteiger partial charge is 0.496 e. The minimum Gasteiger partial charge on any atom is -0.496 e. The zero-order valence-corrected chi connectivity index (χ0v) is 16.7. The molecular formula is C20H28N4O4. The van der Waals surface area contributed by atoms with Gasteiger partial charge in [-0.05, 0) is 62.5 Å². The van der Waals surface area contributed by atoms with Gasteiger partial charge in [-0.1, -0.05) is 5.16 Å². The second-order valence-corrected chi connectivity index (χ2v) is 6.95. The van der Waals surface area contributed by atoms with Gasteiger partial charge >= 0.3 is 0 Å². The molecule has 1 atom stereocenters. The van der Waals surface area contributed by atoms with E-state index in [0.717, 1.165) is 37.2 Å². The highest BCUT2D eigenvalue weighted by Gasteiger charge is 2.21. The van der Waals surface area contributed by atoms with Crippen LogP contribution in [0.15, 0.2) is 22.7 Å². The summed E-state index contributed by atoms with van der Waals surface area (Å²) >= 11 is 0. The first-order chi connectivity index (χ1) is 13.6. The Morgan fingerprint density at radius 2 is 2.25 bits per heavy atom. The minimum atomic E-state index is -0.0672. The number of carbonyl (C=O) groups is 1. The number of nitrogens with one attached hydrogen (secondary N) is 1. The molecule has 0 saturated carbocycles. The van der Waals surface area contributed by atoms with E-state index in [2.05, 4.69) is 15.5 Å². The maximum Gasteiger partial charge on any atom is 0.254 e. The first-order valence-corrected chi connectivity index (χ1v) is 9.61. The molecule has 8 heteroatoms. The fourth-order valence-electron chi connectivity index (χ4n) is 3.49. The summed E-state index contributed by atoms with van der Waals surface area (Å²) in [4.78, 5) is 19.0. The maximum atomic E-state index is 13.1. The molecule has 1 saturated heterocycles. The van der Waals surface area contributed by atoms with Gasteiger partial charge < -0.3 is 24.2 Å². The summed E-state index contributed by atoms with van der Waals surface area (Å²) in [7, 11) is 3.24. The average Bonchev–Trinajstić information content (AvgIpc) is 3.38. The van der Waals surface area contributed by atoms with Crippen molar-refractivity contribution < 1.29 is 18.8 Å². The first kappa shape index (κ1) is 20.3. The molecule has 3 rings (SSSR count). The fraction of sp³-hybridized carbons (Fsp3) is 0.550. The zero-order valence-electron chi connectivity index (χ0n) is 16.7. The molecule has 0 aliphatic carbocycles. The summed E-state index contributed by atoms with van der Waals surface area (Å²) in [6.07, 6.45) is 2.04. The SMILES string of the molecule is CCN(Cc1nc(COC)no1)C(=O)c1ccc(OC)c(CC2CCNC2)c1. The highest BCUT2D eigenvalue weighted by Crippen LogP contribution is 2.26. The Balaban J connectivity index is 1.74. The predicted molar refractivity (Wildman–Crippen MR) is 103 cm³/mol. The molecule has 8 nitrogen and oxygen atoms in total. The molecule has 2 heterocycles. The fourth-order valence-corrected chi connectivity index (χ4v) is 3.49. The number of ether oxygens (including phenoxy) is 2. The molecule has 1 aromatic heterocycles. The summed E-state index contributed by atoms with van der Waals surface area (Å²) in [5, 5.41) is 7.23. The molecule has 1 amide bonds. The van der Waals surface area contributed by atoms with E-state index in [1.165, 1.54) is 0 Å². The number of hydrogen-bond donors (Lipinski definition) is 1. The Kier molecular flexibility index (Phi) is 7.00. The number of aromatic nitrogens is 2. The third-order valence-corrected chi connectivity index (χ3v) is 4.98. The molecular weight excluding hydrogens is 360 g/mol. The van der Waals surface area contributed by atoms with Crippen molar-refractivity contribution in [2.24, 2.45) is 5.92 Å². The lowest BCUT2D eigenvalue weighted by molar-refractivity contribution is 0.0734. The maximum absolute atomic E-state index is 13.1. The van der Waals surface area contributed by atoms with Crippen molar-refractivity contribution in [3.8, 4) is 5.75 Å². The zero-order chi connectivity index (χ0) is 19.9. The van der Waals surface area contributed by atoms with Crippen LogP contribution >= 0.6 is 0 Å². The van der Waals surface area contributed by atoms with Crippen LogP contribution in [0, 0.1) is 5.92 Å². The summed E-state index contributed by atoms with van der Waals surface area (Å²) in [6, 6.07) is 5.64. The van der Waals surface area contributed by atoms with E-state index in [1.54, 1.807) is 19.1 Å². The molecule has 1 aliphatic heterocycles. The molecule has 0 bridgehead atoms. The number of methoxy groups -OCH3 is 2. The monoisotopic (exact) mass is 388 g/mol. The van der Waals surface area contributed by atoms with Gasteiger partial charge in [0.05, 0.1) is 7.11 Å². The standard InChI is InChI=1S/C20H28N4O4/c1-4-24(12-19-22-18(13-26-2)23-28-19)20(25)15-5-6-17(27-3)16(10-15)9-14-7-8-21-11-14/h5-6,10,14,21H,4,7-9,11-13H2,1-3H3. The van der Waals surface area contributed by atoms with Gasteiger partial charge in [0.1, 0.15) is 18.9 Å². The van der Waals surface area contributed by atoms with Crippen molar-refractivity contribution in [2.75, 3.05) is 33.9 Å². The van der Waals surface area contributed by atoms with Crippen molar-refractivity contribution >= 4 is 5.91 Å². The lowest BCUT2D eigenvalue weighted by Gasteiger charge is -2.20. The number of hydrogen-bond acceptors (Lipinski definition) is 7. The molecule has 0 spiro atoms. The lowest BCUT2D eigenvalue weighted by Crippen LogP contribution is -2.30. The number of amides is 1. The van der Waals surface area contributed by atoms with Crippen LogP contribution in [0.4, 0.5) is 0 Å². The number of carbonyl (C=O) groups excluding carboxylic acids is 1. The van der Waals surface area contributed by atoms with Crippen molar-refractivity contribution in [1.29, 1.82) is 0 Å². The van der Waals surface area contributed by atoms with Gasteiger partial charge in [0.15, 0.2) is 5.82 Å². The Hall–Kier alpha value is -2.45. The molecule has 1 aliphatic rings. The van der Waals surface area contributed by atoms with E-state index in [9.17, 15) is 4.79 Å². The molecule has 2 aromatic rings. The van der Waals surface area contributed by atoms with E-state index in [1.807, 2.05) is 25.1 Å².